The molecule has 30 heavy (non-hydrogen) atoms. The Kier molecular flexibility index (Phi) is 8.57. The molecular weight excluding hydrogens is 500 g/mol. The predicted octanol–water partition coefficient (Wildman–Crippen LogP) is 4.58. The van der Waals surface area contributed by atoms with Gasteiger partial charge in [-0.3, -0.25) is 4.99 Å². The lowest BCUT2D eigenvalue weighted by molar-refractivity contribution is 0.324. The van der Waals surface area contributed by atoms with Crippen molar-refractivity contribution >= 4 is 35.6 Å². The van der Waals surface area contributed by atoms with Crippen molar-refractivity contribution in [3.8, 4) is 17.2 Å². The Bertz CT molecular complexity index is 863. The molecule has 0 aromatic heterocycles. The summed E-state index contributed by atoms with van der Waals surface area (Å²) in [6.45, 7) is 3.30. The maximum Gasteiger partial charge on any atom is 0.203 e. The van der Waals surface area contributed by atoms with Gasteiger partial charge in [-0.2, -0.15) is 0 Å². The smallest absolute Gasteiger partial charge is 0.203 e. The summed E-state index contributed by atoms with van der Waals surface area (Å²) in [6, 6.07) is 10.5. The zero-order valence-electron chi connectivity index (χ0n) is 17.8. The van der Waals surface area contributed by atoms with Crippen molar-refractivity contribution < 1.29 is 18.6 Å². The second-order valence-electron chi connectivity index (χ2n) is 7.02. The van der Waals surface area contributed by atoms with Gasteiger partial charge >= 0.3 is 0 Å². The molecule has 0 aliphatic heterocycles. The highest BCUT2D eigenvalue weighted by atomic mass is 127. The van der Waals surface area contributed by atoms with Gasteiger partial charge in [-0.1, -0.05) is 12.1 Å². The van der Waals surface area contributed by atoms with Gasteiger partial charge in [0.2, 0.25) is 5.75 Å². The van der Waals surface area contributed by atoms with Crippen molar-refractivity contribution in [3.05, 3.63) is 47.8 Å². The number of halogens is 2. The fraction of sp³-hybridized carbons (Fsp3) is 0.409. The molecular formula is C22H29FIN3O3. The summed E-state index contributed by atoms with van der Waals surface area (Å²) in [7, 11) is 4.73. The minimum atomic E-state index is -0.208. The highest BCUT2D eigenvalue weighted by Crippen LogP contribution is 2.48. The molecule has 0 atom stereocenters. The van der Waals surface area contributed by atoms with Gasteiger partial charge in [0, 0.05) is 29.8 Å². The molecule has 0 unspecified atom stereocenters. The largest absolute Gasteiger partial charge is 0.493 e. The Labute approximate surface area is 194 Å². The summed E-state index contributed by atoms with van der Waals surface area (Å²) in [5.41, 5.74) is 1.68. The van der Waals surface area contributed by atoms with E-state index in [1.54, 1.807) is 33.5 Å². The van der Waals surface area contributed by atoms with Gasteiger partial charge in [-0.05, 0) is 37.5 Å². The van der Waals surface area contributed by atoms with Crippen LogP contribution in [-0.2, 0) is 5.41 Å². The fourth-order valence-electron chi connectivity index (χ4n) is 3.33. The van der Waals surface area contributed by atoms with E-state index in [9.17, 15) is 4.39 Å². The minimum Gasteiger partial charge on any atom is -0.493 e. The number of guanidine groups is 1. The second-order valence-corrected chi connectivity index (χ2v) is 7.02. The number of anilines is 1. The van der Waals surface area contributed by atoms with E-state index in [2.05, 4.69) is 10.6 Å². The van der Waals surface area contributed by atoms with Crippen LogP contribution in [0.2, 0.25) is 0 Å². The van der Waals surface area contributed by atoms with Crippen LogP contribution in [0, 0.1) is 5.82 Å². The number of ether oxygens (including phenoxy) is 3. The average Bonchev–Trinajstić information content (AvgIpc) is 3.52. The van der Waals surface area contributed by atoms with Crippen molar-refractivity contribution in [1.29, 1.82) is 0 Å². The minimum absolute atomic E-state index is 0. The monoisotopic (exact) mass is 529 g/mol. The van der Waals surface area contributed by atoms with Crippen LogP contribution in [0.25, 0.3) is 0 Å². The van der Waals surface area contributed by atoms with Crippen LogP contribution in [0.5, 0.6) is 17.2 Å². The first-order valence-corrected chi connectivity index (χ1v) is 9.66. The van der Waals surface area contributed by atoms with E-state index in [1.165, 1.54) is 6.07 Å². The third-order valence-corrected chi connectivity index (χ3v) is 5.10. The van der Waals surface area contributed by atoms with Gasteiger partial charge in [-0.15, -0.1) is 24.0 Å². The average molecular weight is 529 g/mol. The van der Waals surface area contributed by atoms with Crippen molar-refractivity contribution in [2.24, 2.45) is 4.99 Å². The maximum atomic E-state index is 13.6. The van der Waals surface area contributed by atoms with Crippen LogP contribution in [0.4, 0.5) is 10.1 Å². The summed E-state index contributed by atoms with van der Waals surface area (Å²) >= 11 is 0. The Morgan fingerprint density at radius 2 is 1.73 bits per heavy atom. The van der Waals surface area contributed by atoms with Gasteiger partial charge in [0.15, 0.2) is 17.5 Å². The molecule has 2 N–H and O–H groups in total. The summed E-state index contributed by atoms with van der Waals surface area (Å²) in [4.78, 5) is 4.76. The van der Waals surface area contributed by atoms with Crippen LogP contribution in [-0.4, -0.2) is 40.4 Å². The fourth-order valence-corrected chi connectivity index (χ4v) is 3.33. The second kappa shape index (κ2) is 10.7. The lowest BCUT2D eigenvalue weighted by Crippen LogP contribution is -2.31. The molecule has 1 aliphatic carbocycles. The number of hydrogen-bond acceptors (Lipinski definition) is 4. The van der Waals surface area contributed by atoms with Gasteiger partial charge in [-0.25, -0.2) is 4.39 Å². The zero-order valence-corrected chi connectivity index (χ0v) is 20.1. The maximum absolute atomic E-state index is 13.6. The van der Waals surface area contributed by atoms with Crippen molar-refractivity contribution in [2.75, 3.05) is 39.7 Å². The van der Waals surface area contributed by atoms with E-state index < -0.39 is 0 Å². The molecule has 8 heteroatoms. The molecule has 1 aliphatic rings. The molecule has 3 rings (SSSR count). The van der Waals surface area contributed by atoms with Crippen molar-refractivity contribution in [1.82, 2.24) is 5.32 Å². The Morgan fingerprint density at radius 3 is 2.23 bits per heavy atom. The third kappa shape index (κ3) is 5.47. The first-order chi connectivity index (χ1) is 14.0. The summed E-state index contributed by atoms with van der Waals surface area (Å²) in [6.07, 6.45) is 2.01. The molecule has 1 saturated carbocycles. The van der Waals surface area contributed by atoms with E-state index in [1.807, 2.05) is 25.1 Å². The number of nitrogens with one attached hydrogen (secondary N) is 2. The number of methoxy groups -OCH3 is 3. The number of benzene rings is 2. The lowest BCUT2D eigenvalue weighted by atomic mass is 9.96. The molecule has 0 heterocycles. The normalized spacial score (nSPS) is 14.4. The lowest BCUT2D eigenvalue weighted by Gasteiger charge is -2.18. The number of hydrogen-bond donors (Lipinski definition) is 2. The molecule has 6 nitrogen and oxygen atoms in total. The van der Waals surface area contributed by atoms with Crippen LogP contribution in [0.15, 0.2) is 41.4 Å². The highest BCUT2D eigenvalue weighted by Gasteiger charge is 2.44. The molecule has 0 spiro atoms. The third-order valence-electron chi connectivity index (χ3n) is 5.10. The first kappa shape index (κ1) is 24.0. The number of nitrogens with zero attached hydrogens (tertiary/aromatic N) is 1. The van der Waals surface area contributed by atoms with Crippen molar-refractivity contribution in [2.45, 2.75) is 25.2 Å². The van der Waals surface area contributed by atoms with Gasteiger partial charge in [0.1, 0.15) is 5.82 Å². The molecule has 0 saturated heterocycles. The van der Waals surface area contributed by atoms with Gasteiger partial charge in [0.05, 0.1) is 27.9 Å². The van der Waals surface area contributed by atoms with E-state index in [0.29, 0.717) is 36.3 Å². The molecule has 0 bridgehead atoms. The summed E-state index contributed by atoms with van der Waals surface area (Å²) in [5, 5.41) is 6.54. The Balaban J connectivity index is 0.00000320. The highest BCUT2D eigenvalue weighted by molar-refractivity contribution is 14.0. The SMILES string of the molecule is CCNC(=NCC1(c2cccc(F)c2)CC1)Nc1cc(OC)c(OC)c(OC)c1.I. The van der Waals surface area contributed by atoms with Gasteiger partial charge in [0.25, 0.3) is 0 Å². The molecule has 164 valence electrons. The van der Waals surface area contributed by atoms with E-state index in [0.717, 1.165) is 24.1 Å². The quantitative estimate of drug-likeness (QED) is 0.298. The van der Waals surface area contributed by atoms with Crippen LogP contribution in [0.3, 0.4) is 0 Å². The predicted molar refractivity (Wildman–Crippen MR) is 128 cm³/mol. The number of aliphatic imine (C=N–C) groups is 1. The Morgan fingerprint density at radius 1 is 1.07 bits per heavy atom. The Hall–Kier alpha value is -2.23. The van der Waals surface area contributed by atoms with E-state index >= 15 is 0 Å². The van der Waals surface area contributed by atoms with Crippen molar-refractivity contribution in [3.63, 3.8) is 0 Å². The standard InChI is InChI=1S/C22H28FN3O3.HI/c1-5-24-21(25-14-22(9-10-22)15-7-6-8-16(23)11-15)26-17-12-18(27-2)20(29-4)19(13-17)28-3;/h6-8,11-13H,5,9-10,14H2,1-4H3,(H2,24,25,26);1H. The van der Waals surface area contributed by atoms with Gasteiger partial charge < -0.3 is 24.8 Å². The van der Waals surface area contributed by atoms with Crippen LogP contribution >= 0.6 is 24.0 Å². The molecule has 2 aromatic carbocycles. The van der Waals surface area contributed by atoms with Crippen LogP contribution in [0.1, 0.15) is 25.3 Å². The summed E-state index contributed by atoms with van der Waals surface area (Å²) < 4.78 is 29.8. The topological polar surface area (TPSA) is 64.1 Å². The van der Waals surface area contributed by atoms with E-state index in [4.69, 9.17) is 19.2 Å². The molecule has 2 aromatic rings. The summed E-state index contributed by atoms with van der Waals surface area (Å²) in [5.74, 6) is 2.09. The van der Waals surface area contributed by atoms with E-state index in [-0.39, 0.29) is 35.2 Å². The number of rotatable bonds is 8. The van der Waals surface area contributed by atoms with Crippen LogP contribution < -0.4 is 24.8 Å². The molecule has 0 radical (unpaired) electrons. The molecule has 1 fully saturated rings. The zero-order chi connectivity index (χ0) is 20.9. The molecule has 0 amide bonds. The first-order valence-electron chi connectivity index (χ1n) is 9.66.